The molecule has 100 valence electrons. The first-order valence-electron chi connectivity index (χ1n) is 7.46. The van der Waals surface area contributed by atoms with Crippen LogP contribution in [-0.2, 0) is 6.42 Å². The largest absolute Gasteiger partial charge is 0.300 e. The van der Waals surface area contributed by atoms with Crippen LogP contribution < -0.4 is 0 Å². The lowest BCUT2D eigenvalue weighted by atomic mass is 9.92. The molecule has 1 fully saturated rings. The molecule has 0 radical (unpaired) electrons. The van der Waals surface area contributed by atoms with Crippen molar-refractivity contribution in [3.63, 3.8) is 0 Å². The van der Waals surface area contributed by atoms with E-state index in [4.69, 9.17) is 0 Å². The van der Waals surface area contributed by atoms with Gasteiger partial charge in [0.25, 0.3) is 0 Å². The molecule has 0 N–H and O–H groups in total. The lowest BCUT2D eigenvalue weighted by Crippen LogP contribution is -2.43. The average molecular weight is 245 g/mol. The van der Waals surface area contributed by atoms with Crippen molar-refractivity contribution in [1.82, 2.24) is 4.90 Å². The second-order valence-electron chi connectivity index (χ2n) is 6.10. The minimum Gasteiger partial charge on any atom is -0.300 e. The first-order valence-corrected chi connectivity index (χ1v) is 7.46. The Labute approximate surface area is 112 Å². The molecule has 2 rings (SSSR count). The number of rotatable bonds is 4. The minimum absolute atomic E-state index is 0.715. The van der Waals surface area contributed by atoms with Crippen LogP contribution in [0.4, 0.5) is 0 Å². The Balaban J connectivity index is 2.05. The van der Waals surface area contributed by atoms with Crippen LogP contribution in [0.1, 0.15) is 44.2 Å². The minimum atomic E-state index is 0.715. The molecular formula is C17H27N. The molecule has 0 saturated carbocycles. The highest BCUT2D eigenvalue weighted by Gasteiger charge is 2.23. The molecule has 1 aliphatic heterocycles. The number of hydrogen-bond donors (Lipinski definition) is 0. The van der Waals surface area contributed by atoms with Crippen LogP contribution in [-0.4, -0.2) is 24.0 Å². The summed E-state index contributed by atoms with van der Waals surface area (Å²) >= 11 is 0. The van der Waals surface area contributed by atoms with E-state index in [0.29, 0.717) is 6.04 Å². The maximum atomic E-state index is 2.72. The molecule has 1 aromatic rings. The summed E-state index contributed by atoms with van der Waals surface area (Å²) < 4.78 is 0. The lowest BCUT2D eigenvalue weighted by molar-refractivity contribution is 0.127. The number of benzene rings is 1. The number of nitrogens with zero attached hydrogens (tertiary/aromatic N) is 1. The van der Waals surface area contributed by atoms with Gasteiger partial charge in [0.1, 0.15) is 0 Å². The zero-order valence-electron chi connectivity index (χ0n) is 12.2. The second kappa shape index (κ2) is 6.38. The predicted molar refractivity (Wildman–Crippen MR) is 78.9 cm³/mol. The molecule has 1 saturated heterocycles. The van der Waals surface area contributed by atoms with Crippen LogP contribution >= 0.6 is 0 Å². The van der Waals surface area contributed by atoms with E-state index >= 15 is 0 Å². The Kier molecular flexibility index (Phi) is 4.82. The third-order valence-electron chi connectivity index (χ3n) is 4.16. The van der Waals surface area contributed by atoms with Crippen molar-refractivity contribution in [2.45, 2.75) is 52.5 Å². The Bertz CT molecular complexity index is 364. The smallest absolute Gasteiger partial charge is 0.0159 e. The molecule has 0 bridgehead atoms. The van der Waals surface area contributed by atoms with Gasteiger partial charge < -0.3 is 0 Å². The van der Waals surface area contributed by atoms with E-state index in [9.17, 15) is 0 Å². The van der Waals surface area contributed by atoms with E-state index in [2.05, 4.69) is 49.9 Å². The van der Waals surface area contributed by atoms with Gasteiger partial charge in [-0.05, 0) is 50.8 Å². The molecule has 0 aliphatic carbocycles. The van der Waals surface area contributed by atoms with Gasteiger partial charge in [-0.2, -0.15) is 0 Å². The van der Waals surface area contributed by atoms with Crippen molar-refractivity contribution in [3.8, 4) is 0 Å². The second-order valence-corrected chi connectivity index (χ2v) is 6.10. The Morgan fingerprint density at radius 2 is 1.83 bits per heavy atom. The summed E-state index contributed by atoms with van der Waals surface area (Å²) in [7, 11) is 0. The molecule has 1 aromatic carbocycles. The summed E-state index contributed by atoms with van der Waals surface area (Å²) in [5.41, 5.74) is 2.88. The molecule has 1 nitrogen and oxygen atoms in total. The van der Waals surface area contributed by atoms with Crippen LogP contribution in [0.2, 0.25) is 0 Å². The molecule has 1 aliphatic rings. The van der Waals surface area contributed by atoms with Gasteiger partial charge >= 0.3 is 0 Å². The monoisotopic (exact) mass is 245 g/mol. The summed E-state index contributed by atoms with van der Waals surface area (Å²) in [5.74, 6) is 0.739. The Hall–Kier alpha value is -0.820. The summed E-state index contributed by atoms with van der Waals surface area (Å²) in [6.45, 7) is 9.53. The van der Waals surface area contributed by atoms with Crippen LogP contribution in [0.3, 0.4) is 0 Å². The van der Waals surface area contributed by atoms with E-state index < -0.39 is 0 Å². The first kappa shape index (κ1) is 13.6. The highest BCUT2D eigenvalue weighted by Crippen LogP contribution is 2.21. The van der Waals surface area contributed by atoms with Crippen molar-refractivity contribution >= 4 is 0 Å². The van der Waals surface area contributed by atoms with Crippen LogP contribution in [0.15, 0.2) is 24.3 Å². The van der Waals surface area contributed by atoms with Gasteiger partial charge in [0.15, 0.2) is 0 Å². The van der Waals surface area contributed by atoms with Crippen molar-refractivity contribution in [2.75, 3.05) is 13.1 Å². The first-order chi connectivity index (χ1) is 8.66. The van der Waals surface area contributed by atoms with Gasteiger partial charge in [-0.25, -0.2) is 0 Å². The van der Waals surface area contributed by atoms with Gasteiger partial charge in [0.05, 0.1) is 0 Å². The maximum Gasteiger partial charge on any atom is 0.0159 e. The van der Waals surface area contributed by atoms with Crippen molar-refractivity contribution in [3.05, 3.63) is 35.4 Å². The molecule has 0 spiro atoms. The van der Waals surface area contributed by atoms with Crippen LogP contribution in [0.25, 0.3) is 0 Å². The molecule has 1 atom stereocenters. The molecule has 1 unspecified atom stereocenters. The number of piperidine rings is 1. The van der Waals surface area contributed by atoms with Crippen LogP contribution in [0.5, 0.6) is 0 Å². The zero-order chi connectivity index (χ0) is 13.0. The predicted octanol–water partition coefficient (Wildman–Crippen LogP) is 4.05. The van der Waals surface area contributed by atoms with Crippen molar-refractivity contribution in [1.29, 1.82) is 0 Å². The molecule has 18 heavy (non-hydrogen) atoms. The summed E-state index contributed by atoms with van der Waals surface area (Å²) in [6, 6.07) is 9.73. The quantitative estimate of drug-likeness (QED) is 0.773. The maximum absolute atomic E-state index is 2.72. The van der Waals surface area contributed by atoms with E-state index in [-0.39, 0.29) is 0 Å². The highest BCUT2D eigenvalue weighted by atomic mass is 15.2. The SMILES string of the molecule is Cc1cccc(CC(C(C)C)N2CCCCC2)c1. The topological polar surface area (TPSA) is 3.24 Å². The Morgan fingerprint density at radius 3 is 2.44 bits per heavy atom. The molecule has 0 aromatic heterocycles. The zero-order valence-corrected chi connectivity index (χ0v) is 12.2. The normalized spacial score (nSPS) is 19.1. The van der Waals surface area contributed by atoms with Gasteiger partial charge in [-0.1, -0.05) is 50.1 Å². The Morgan fingerprint density at radius 1 is 1.11 bits per heavy atom. The number of likely N-dealkylation sites (tertiary alicyclic amines) is 1. The van der Waals surface area contributed by atoms with E-state index in [1.165, 1.54) is 49.9 Å². The fourth-order valence-corrected chi connectivity index (χ4v) is 3.12. The molecule has 1 heterocycles. The molecule has 0 amide bonds. The molecule has 1 heteroatoms. The third-order valence-corrected chi connectivity index (χ3v) is 4.16. The van der Waals surface area contributed by atoms with Gasteiger partial charge in [-0.15, -0.1) is 0 Å². The van der Waals surface area contributed by atoms with E-state index in [1.54, 1.807) is 0 Å². The van der Waals surface area contributed by atoms with Crippen molar-refractivity contribution in [2.24, 2.45) is 5.92 Å². The molecular weight excluding hydrogens is 218 g/mol. The highest BCUT2D eigenvalue weighted by molar-refractivity contribution is 5.23. The standard InChI is InChI=1S/C17H27N/c1-14(2)17(18-10-5-4-6-11-18)13-16-9-7-8-15(3)12-16/h7-9,12,14,17H,4-6,10-11,13H2,1-3H3. The number of aryl methyl sites for hydroxylation is 1. The third kappa shape index (κ3) is 3.58. The van der Waals surface area contributed by atoms with Gasteiger partial charge in [0.2, 0.25) is 0 Å². The van der Waals surface area contributed by atoms with E-state index in [0.717, 1.165) is 5.92 Å². The number of hydrogen-bond acceptors (Lipinski definition) is 1. The lowest BCUT2D eigenvalue weighted by Gasteiger charge is -2.37. The summed E-state index contributed by atoms with van der Waals surface area (Å²) in [4.78, 5) is 2.72. The van der Waals surface area contributed by atoms with Crippen molar-refractivity contribution < 1.29 is 0 Å². The fourth-order valence-electron chi connectivity index (χ4n) is 3.12. The average Bonchev–Trinajstić information content (AvgIpc) is 2.37. The summed E-state index contributed by atoms with van der Waals surface area (Å²) in [5, 5.41) is 0. The van der Waals surface area contributed by atoms with E-state index in [1.807, 2.05) is 0 Å². The van der Waals surface area contributed by atoms with Crippen LogP contribution in [0, 0.1) is 12.8 Å². The summed E-state index contributed by atoms with van der Waals surface area (Å²) in [6.07, 6.45) is 5.40. The van der Waals surface area contributed by atoms with Gasteiger partial charge in [-0.3, -0.25) is 4.90 Å². The van der Waals surface area contributed by atoms with Gasteiger partial charge in [0, 0.05) is 6.04 Å². The fraction of sp³-hybridized carbons (Fsp3) is 0.647.